The third kappa shape index (κ3) is 6.24. The Kier molecular flexibility index (Phi) is 9.03. The lowest BCUT2D eigenvalue weighted by atomic mass is 9.68. The van der Waals surface area contributed by atoms with Crippen molar-refractivity contribution in [3.8, 4) is 0 Å². The molecule has 7 nitrogen and oxygen atoms in total. The molecule has 3 fully saturated rings. The first-order valence-corrected chi connectivity index (χ1v) is 15.0. The van der Waals surface area contributed by atoms with Crippen LogP contribution in [0.3, 0.4) is 0 Å². The number of piperidine rings is 1. The minimum atomic E-state index is 0.0416. The Balaban J connectivity index is 1.03. The first-order valence-electron chi connectivity index (χ1n) is 15.0. The summed E-state index contributed by atoms with van der Waals surface area (Å²) in [5.41, 5.74) is 1.18. The fourth-order valence-electron chi connectivity index (χ4n) is 7.08. The number of anilines is 1. The summed E-state index contributed by atoms with van der Waals surface area (Å²) in [7, 11) is 0. The molecule has 1 amide bonds. The number of carbonyl (C=O) groups is 1. The van der Waals surface area contributed by atoms with Gasteiger partial charge in [0.15, 0.2) is 0 Å². The van der Waals surface area contributed by atoms with E-state index in [0.29, 0.717) is 23.7 Å². The lowest BCUT2D eigenvalue weighted by Crippen LogP contribution is -2.43. The third-order valence-corrected chi connectivity index (χ3v) is 9.59. The minimum absolute atomic E-state index is 0.0416. The molecule has 2 aliphatic carbocycles. The zero-order valence-corrected chi connectivity index (χ0v) is 23.3. The Bertz CT molecular complexity index is 985. The number of carbonyl (C=O) groups excluding carboxylic acids is 1. The smallest absolute Gasteiger partial charge is 0.226 e. The molecule has 1 aromatic heterocycles. The summed E-state index contributed by atoms with van der Waals surface area (Å²) in [6, 6.07) is 0.0416. The van der Waals surface area contributed by atoms with Crippen molar-refractivity contribution in [3.63, 3.8) is 0 Å². The van der Waals surface area contributed by atoms with Crippen LogP contribution in [0.2, 0.25) is 0 Å². The first-order chi connectivity index (χ1) is 18.6. The summed E-state index contributed by atoms with van der Waals surface area (Å²) in [5, 5.41) is 9.63. The highest BCUT2D eigenvalue weighted by molar-refractivity contribution is 5.79. The Hall–Kier alpha value is -2.41. The van der Waals surface area contributed by atoms with E-state index in [2.05, 4.69) is 46.9 Å². The maximum absolute atomic E-state index is 13.1. The maximum Gasteiger partial charge on any atom is 0.226 e. The standard InChI is InChI=1S/C31H46N4O3/c1-3-23-18-32-31(33-19-23)34-15-12-24(13-16-34)21-38-28-9-6-25(7-10-28)29-11-8-26(17-22(29)2)30(37)35-14-4-5-27(35)20-36/h6,9-10,18-19,22,24-27,29,36H,3-5,7-8,11-17,20-21H2,1-2H3. The molecule has 1 N–H and O–H groups in total. The van der Waals surface area contributed by atoms with Crippen LogP contribution in [0.15, 0.2) is 36.4 Å². The van der Waals surface area contributed by atoms with Crippen LogP contribution >= 0.6 is 0 Å². The molecule has 1 saturated carbocycles. The van der Waals surface area contributed by atoms with E-state index in [-0.39, 0.29) is 24.5 Å². The number of amides is 1. The summed E-state index contributed by atoms with van der Waals surface area (Å²) < 4.78 is 6.24. The second-order valence-electron chi connectivity index (χ2n) is 12.0. The molecule has 5 unspecified atom stereocenters. The molecule has 3 heterocycles. The SMILES string of the molecule is CCc1cnc(N2CCC(COC3=CCC(C4CCC(C(=O)N5CCCC5CO)CC4C)C=C3)CC2)nc1. The highest BCUT2D eigenvalue weighted by Crippen LogP contribution is 2.42. The zero-order chi connectivity index (χ0) is 26.5. The van der Waals surface area contributed by atoms with E-state index in [1.165, 1.54) is 5.56 Å². The van der Waals surface area contributed by atoms with Crippen molar-refractivity contribution in [1.82, 2.24) is 14.9 Å². The van der Waals surface area contributed by atoms with Crippen LogP contribution < -0.4 is 4.90 Å². The van der Waals surface area contributed by atoms with Crippen LogP contribution in [0.5, 0.6) is 0 Å². The zero-order valence-electron chi connectivity index (χ0n) is 23.3. The second kappa shape index (κ2) is 12.6. The van der Waals surface area contributed by atoms with Gasteiger partial charge in [0.05, 0.1) is 19.3 Å². The molecule has 5 atom stereocenters. The molecule has 1 aromatic rings. The number of aliphatic hydroxyl groups excluding tert-OH is 1. The van der Waals surface area contributed by atoms with Gasteiger partial charge in [-0.3, -0.25) is 4.79 Å². The minimum Gasteiger partial charge on any atom is -0.494 e. The van der Waals surface area contributed by atoms with Crippen LogP contribution in [0, 0.1) is 29.6 Å². The van der Waals surface area contributed by atoms with Gasteiger partial charge >= 0.3 is 0 Å². The van der Waals surface area contributed by atoms with Crippen molar-refractivity contribution < 1.29 is 14.6 Å². The van der Waals surface area contributed by atoms with Gasteiger partial charge in [-0.05, 0) is 99.2 Å². The maximum atomic E-state index is 13.1. The van der Waals surface area contributed by atoms with E-state index in [9.17, 15) is 9.90 Å². The van der Waals surface area contributed by atoms with Crippen molar-refractivity contribution in [1.29, 1.82) is 0 Å². The van der Waals surface area contributed by atoms with E-state index >= 15 is 0 Å². The number of hydrogen-bond acceptors (Lipinski definition) is 6. The fraction of sp³-hybridized carbons (Fsp3) is 0.710. The Labute approximate surface area is 228 Å². The molecule has 5 rings (SSSR count). The number of ether oxygens (including phenoxy) is 1. The number of aromatic nitrogens is 2. The van der Waals surface area contributed by atoms with Crippen LogP contribution in [-0.4, -0.2) is 64.8 Å². The van der Waals surface area contributed by atoms with Gasteiger partial charge < -0.3 is 19.6 Å². The van der Waals surface area contributed by atoms with Crippen LogP contribution in [0.1, 0.15) is 70.8 Å². The molecular formula is C31H46N4O3. The number of aliphatic hydroxyl groups is 1. The molecule has 7 heteroatoms. The molecule has 4 aliphatic rings. The predicted molar refractivity (Wildman–Crippen MR) is 149 cm³/mol. The van der Waals surface area contributed by atoms with E-state index in [1.807, 2.05) is 17.3 Å². The molecular weight excluding hydrogens is 476 g/mol. The van der Waals surface area contributed by atoms with Gasteiger partial charge in [-0.1, -0.05) is 19.9 Å². The highest BCUT2D eigenvalue weighted by atomic mass is 16.5. The van der Waals surface area contributed by atoms with Crippen molar-refractivity contribution >= 4 is 11.9 Å². The summed E-state index contributed by atoms with van der Waals surface area (Å²) in [6.45, 7) is 8.12. The Morgan fingerprint density at radius 1 is 1.11 bits per heavy atom. The molecule has 0 spiro atoms. The van der Waals surface area contributed by atoms with Gasteiger partial charge in [0.1, 0.15) is 5.76 Å². The van der Waals surface area contributed by atoms with E-state index in [1.54, 1.807) is 0 Å². The second-order valence-corrected chi connectivity index (χ2v) is 12.0. The lowest BCUT2D eigenvalue weighted by molar-refractivity contribution is -0.139. The summed E-state index contributed by atoms with van der Waals surface area (Å²) in [6.07, 6.45) is 20.0. The van der Waals surface area contributed by atoms with E-state index in [4.69, 9.17) is 4.74 Å². The van der Waals surface area contributed by atoms with Crippen molar-refractivity contribution in [2.45, 2.75) is 77.7 Å². The van der Waals surface area contributed by atoms with Gasteiger partial charge in [0.25, 0.3) is 0 Å². The van der Waals surface area contributed by atoms with Crippen LogP contribution in [0.25, 0.3) is 0 Å². The molecule has 208 valence electrons. The topological polar surface area (TPSA) is 78.8 Å². The number of rotatable bonds is 8. The molecule has 0 aromatic carbocycles. The number of aryl methyl sites for hydroxylation is 1. The van der Waals surface area contributed by atoms with E-state index in [0.717, 1.165) is 95.7 Å². The molecule has 2 aliphatic heterocycles. The first kappa shape index (κ1) is 27.2. The molecule has 38 heavy (non-hydrogen) atoms. The van der Waals surface area contributed by atoms with Gasteiger partial charge in [-0.15, -0.1) is 0 Å². The molecule has 2 saturated heterocycles. The highest BCUT2D eigenvalue weighted by Gasteiger charge is 2.39. The third-order valence-electron chi connectivity index (χ3n) is 9.59. The van der Waals surface area contributed by atoms with Crippen LogP contribution in [0.4, 0.5) is 5.95 Å². The molecule has 0 radical (unpaired) electrons. The van der Waals surface area contributed by atoms with Crippen molar-refractivity contribution in [3.05, 3.63) is 41.9 Å². The molecule has 0 bridgehead atoms. The van der Waals surface area contributed by atoms with Crippen molar-refractivity contribution in [2.75, 3.05) is 37.7 Å². The van der Waals surface area contributed by atoms with Gasteiger partial charge in [0, 0.05) is 37.9 Å². The number of likely N-dealkylation sites (tertiary alicyclic amines) is 1. The summed E-state index contributed by atoms with van der Waals surface area (Å²) in [4.78, 5) is 26.5. The number of hydrogen-bond donors (Lipinski definition) is 1. The van der Waals surface area contributed by atoms with Gasteiger partial charge in [-0.2, -0.15) is 0 Å². The van der Waals surface area contributed by atoms with E-state index < -0.39 is 0 Å². The summed E-state index contributed by atoms with van der Waals surface area (Å²) in [5.74, 6) is 4.54. The predicted octanol–water partition coefficient (Wildman–Crippen LogP) is 4.77. The Morgan fingerprint density at radius 2 is 1.89 bits per heavy atom. The average Bonchev–Trinajstić information content (AvgIpc) is 3.45. The number of nitrogens with zero attached hydrogens (tertiary/aromatic N) is 4. The van der Waals surface area contributed by atoms with Gasteiger partial charge in [0.2, 0.25) is 11.9 Å². The monoisotopic (exact) mass is 522 g/mol. The fourth-order valence-corrected chi connectivity index (χ4v) is 7.08. The lowest BCUT2D eigenvalue weighted by Gasteiger charge is -2.39. The summed E-state index contributed by atoms with van der Waals surface area (Å²) >= 11 is 0. The Morgan fingerprint density at radius 3 is 2.55 bits per heavy atom. The average molecular weight is 523 g/mol. The van der Waals surface area contributed by atoms with Crippen LogP contribution in [-0.2, 0) is 16.0 Å². The normalized spacial score (nSPS) is 30.4. The van der Waals surface area contributed by atoms with Gasteiger partial charge in [-0.25, -0.2) is 9.97 Å². The number of allylic oxidation sites excluding steroid dienone is 3. The largest absolute Gasteiger partial charge is 0.494 e. The quantitative estimate of drug-likeness (QED) is 0.530. The van der Waals surface area contributed by atoms with Crippen molar-refractivity contribution in [2.24, 2.45) is 29.6 Å².